The number of fused-ring (bicyclic) bond motifs is 1. The van der Waals surface area contributed by atoms with Gasteiger partial charge in [0.1, 0.15) is 0 Å². The average Bonchev–Trinajstić information content (AvgIpc) is 2.54. The monoisotopic (exact) mass is 290 g/mol. The number of morpholine rings is 1. The Kier molecular flexibility index (Phi) is 4.01. The molecule has 1 heterocycles. The molecule has 1 aliphatic carbocycles. The molecular formula is C16H22N2O3. The molecule has 2 fully saturated rings. The van der Waals surface area contributed by atoms with Gasteiger partial charge in [-0.05, 0) is 25.0 Å². The molecule has 5 heteroatoms. The minimum Gasteiger partial charge on any atom is -0.465 e. The maximum atomic E-state index is 11.8. The third kappa shape index (κ3) is 2.58. The fourth-order valence-electron chi connectivity index (χ4n) is 3.49. The van der Waals surface area contributed by atoms with Crippen LogP contribution in [0.2, 0.25) is 0 Å². The molecule has 1 aliphatic heterocycles. The molecule has 0 aromatic heterocycles. The lowest BCUT2D eigenvalue weighted by Gasteiger charge is -2.45. The molecule has 21 heavy (non-hydrogen) atoms. The van der Waals surface area contributed by atoms with Gasteiger partial charge in [0.15, 0.2) is 0 Å². The zero-order chi connectivity index (χ0) is 14.8. The van der Waals surface area contributed by atoms with Crippen molar-refractivity contribution >= 4 is 17.3 Å². The first-order valence-corrected chi connectivity index (χ1v) is 7.57. The quantitative estimate of drug-likeness (QED) is 0.668. The van der Waals surface area contributed by atoms with Crippen molar-refractivity contribution in [2.24, 2.45) is 0 Å². The summed E-state index contributed by atoms with van der Waals surface area (Å²) in [6.07, 6.45) is 4.96. The van der Waals surface area contributed by atoms with E-state index in [2.05, 4.69) is 4.90 Å². The molecule has 1 aromatic carbocycles. The fraction of sp³-hybridized carbons (Fsp3) is 0.562. The van der Waals surface area contributed by atoms with Crippen molar-refractivity contribution in [3.8, 4) is 0 Å². The van der Waals surface area contributed by atoms with Crippen molar-refractivity contribution in [1.82, 2.24) is 0 Å². The standard InChI is InChI=1S/C16H22N2O3/c1-20-16(19)11-5-4-7-13(15(11)17)18-9-10-21-14-8-3-2-6-12(14)18/h4-5,7,12,14H,2-3,6,8-10,17H2,1H3. The van der Waals surface area contributed by atoms with Gasteiger partial charge in [-0.1, -0.05) is 18.9 Å². The van der Waals surface area contributed by atoms with Crippen molar-refractivity contribution in [3.05, 3.63) is 23.8 Å². The van der Waals surface area contributed by atoms with Crippen LogP contribution >= 0.6 is 0 Å². The van der Waals surface area contributed by atoms with Crippen molar-refractivity contribution in [2.75, 3.05) is 30.9 Å². The number of nitrogens with zero attached hydrogens (tertiary/aromatic N) is 1. The molecule has 5 nitrogen and oxygen atoms in total. The van der Waals surface area contributed by atoms with Gasteiger partial charge in [0.05, 0.1) is 42.8 Å². The van der Waals surface area contributed by atoms with Crippen LogP contribution in [0.3, 0.4) is 0 Å². The molecule has 0 radical (unpaired) electrons. The summed E-state index contributed by atoms with van der Waals surface area (Å²) in [5, 5.41) is 0. The summed E-state index contributed by atoms with van der Waals surface area (Å²) < 4.78 is 10.7. The SMILES string of the molecule is COC(=O)c1cccc(N2CCOC3CCCCC32)c1N. The van der Waals surface area contributed by atoms with E-state index in [9.17, 15) is 4.79 Å². The van der Waals surface area contributed by atoms with E-state index in [4.69, 9.17) is 15.2 Å². The van der Waals surface area contributed by atoms with Crippen LogP contribution in [0.1, 0.15) is 36.0 Å². The number of hydrogen-bond donors (Lipinski definition) is 1. The summed E-state index contributed by atoms with van der Waals surface area (Å²) in [6.45, 7) is 1.53. The lowest BCUT2D eigenvalue weighted by atomic mass is 9.89. The van der Waals surface area contributed by atoms with Crippen LogP contribution < -0.4 is 10.6 Å². The lowest BCUT2D eigenvalue weighted by Crippen LogP contribution is -2.53. The van der Waals surface area contributed by atoms with Crippen LogP contribution in [0.4, 0.5) is 11.4 Å². The maximum absolute atomic E-state index is 11.8. The fourth-order valence-corrected chi connectivity index (χ4v) is 3.49. The lowest BCUT2D eigenvalue weighted by molar-refractivity contribution is -0.00862. The number of ether oxygens (including phenoxy) is 2. The molecule has 0 bridgehead atoms. The number of para-hydroxylation sites is 1. The van der Waals surface area contributed by atoms with Gasteiger partial charge in [-0.2, -0.15) is 0 Å². The summed E-state index contributed by atoms with van der Waals surface area (Å²) in [7, 11) is 1.38. The van der Waals surface area contributed by atoms with Crippen molar-refractivity contribution in [1.29, 1.82) is 0 Å². The minimum absolute atomic E-state index is 0.286. The van der Waals surface area contributed by atoms with Gasteiger partial charge in [0.25, 0.3) is 0 Å². The van der Waals surface area contributed by atoms with E-state index in [0.717, 1.165) is 25.1 Å². The second-order valence-electron chi connectivity index (χ2n) is 5.68. The highest BCUT2D eigenvalue weighted by Crippen LogP contribution is 2.35. The van der Waals surface area contributed by atoms with Crippen LogP contribution in [0.5, 0.6) is 0 Å². The zero-order valence-corrected chi connectivity index (χ0v) is 12.4. The van der Waals surface area contributed by atoms with Gasteiger partial charge in [-0.3, -0.25) is 0 Å². The van der Waals surface area contributed by atoms with Gasteiger partial charge in [0.2, 0.25) is 0 Å². The Balaban J connectivity index is 1.93. The van der Waals surface area contributed by atoms with E-state index in [1.54, 1.807) is 6.07 Å². The highest BCUT2D eigenvalue weighted by atomic mass is 16.5. The molecule has 2 atom stereocenters. The van der Waals surface area contributed by atoms with Crippen molar-refractivity contribution < 1.29 is 14.3 Å². The zero-order valence-electron chi connectivity index (χ0n) is 12.4. The second kappa shape index (κ2) is 5.93. The third-order valence-electron chi connectivity index (χ3n) is 4.53. The van der Waals surface area contributed by atoms with E-state index in [1.807, 2.05) is 12.1 Å². The van der Waals surface area contributed by atoms with Crippen LogP contribution in [0.15, 0.2) is 18.2 Å². The Morgan fingerprint density at radius 2 is 2.19 bits per heavy atom. The Hall–Kier alpha value is -1.75. The second-order valence-corrected chi connectivity index (χ2v) is 5.68. The van der Waals surface area contributed by atoms with Crippen LogP contribution in [0, 0.1) is 0 Å². The van der Waals surface area contributed by atoms with Crippen molar-refractivity contribution in [3.63, 3.8) is 0 Å². The number of rotatable bonds is 2. The molecule has 1 saturated heterocycles. The maximum Gasteiger partial charge on any atom is 0.340 e. The number of carbonyl (C=O) groups excluding carboxylic acids is 1. The normalized spacial score (nSPS) is 25.3. The van der Waals surface area contributed by atoms with E-state index in [-0.39, 0.29) is 12.1 Å². The Bertz CT molecular complexity index is 530. The van der Waals surface area contributed by atoms with Crippen LogP contribution in [-0.2, 0) is 9.47 Å². The number of esters is 1. The highest BCUT2D eigenvalue weighted by molar-refractivity contribution is 5.98. The summed E-state index contributed by atoms with van der Waals surface area (Å²) in [6, 6.07) is 5.93. The number of hydrogen-bond acceptors (Lipinski definition) is 5. The number of nitrogens with two attached hydrogens (primary N) is 1. The molecule has 114 valence electrons. The van der Waals surface area contributed by atoms with Gasteiger partial charge in [-0.25, -0.2) is 4.79 Å². The third-order valence-corrected chi connectivity index (χ3v) is 4.53. The molecule has 2 N–H and O–H groups in total. The van der Waals surface area contributed by atoms with Gasteiger partial charge in [-0.15, -0.1) is 0 Å². The smallest absolute Gasteiger partial charge is 0.340 e. The first kappa shape index (κ1) is 14.2. The number of anilines is 2. The minimum atomic E-state index is -0.386. The van der Waals surface area contributed by atoms with Gasteiger partial charge >= 0.3 is 5.97 Å². The number of nitrogen functional groups attached to an aromatic ring is 1. The molecule has 0 amide bonds. The molecule has 2 aliphatic rings. The Morgan fingerprint density at radius 1 is 1.38 bits per heavy atom. The predicted molar refractivity (Wildman–Crippen MR) is 81.5 cm³/mol. The number of carbonyl (C=O) groups is 1. The first-order chi connectivity index (χ1) is 10.2. The number of benzene rings is 1. The van der Waals surface area contributed by atoms with E-state index >= 15 is 0 Å². The largest absolute Gasteiger partial charge is 0.465 e. The first-order valence-electron chi connectivity index (χ1n) is 7.57. The van der Waals surface area contributed by atoms with Gasteiger partial charge in [0, 0.05) is 6.54 Å². The molecule has 3 rings (SSSR count). The van der Waals surface area contributed by atoms with Crippen LogP contribution in [0.25, 0.3) is 0 Å². The molecule has 0 spiro atoms. The molecule has 2 unspecified atom stereocenters. The highest BCUT2D eigenvalue weighted by Gasteiger charge is 2.35. The Morgan fingerprint density at radius 3 is 3.00 bits per heavy atom. The van der Waals surface area contributed by atoms with E-state index < -0.39 is 0 Å². The molecule has 1 saturated carbocycles. The van der Waals surface area contributed by atoms with Gasteiger partial charge < -0.3 is 20.1 Å². The van der Waals surface area contributed by atoms with Crippen molar-refractivity contribution in [2.45, 2.75) is 37.8 Å². The average molecular weight is 290 g/mol. The van der Waals surface area contributed by atoms with Crippen LogP contribution in [-0.4, -0.2) is 38.4 Å². The molecule has 1 aromatic rings. The summed E-state index contributed by atoms with van der Waals surface area (Å²) in [5.41, 5.74) is 8.11. The van der Waals surface area contributed by atoms with E-state index in [1.165, 1.54) is 20.0 Å². The predicted octanol–water partition coefficient (Wildman–Crippen LogP) is 2.20. The number of methoxy groups -OCH3 is 1. The Labute approximate surface area is 125 Å². The summed E-state index contributed by atoms with van der Waals surface area (Å²) >= 11 is 0. The summed E-state index contributed by atoms with van der Waals surface area (Å²) in [5.74, 6) is -0.386. The molecular weight excluding hydrogens is 268 g/mol. The van der Waals surface area contributed by atoms with E-state index in [0.29, 0.717) is 23.9 Å². The summed E-state index contributed by atoms with van der Waals surface area (Å²) in [4.78, 5) is 14.1. The topological polar surface area (TPSA) is 64.8 Å².